The van der Waals surface area contributed by atoms with Gasteiger partial charge in [0.1, 0.15) is 0 Å². The minimum atomic E-state index is -0.900. The van der Waals surface area contributed by atoms with Crippen LogP contribution in [-0.2, 0) is 9.47 Å². The first-order valence-corrected chi connectivity index (χ1v) is 6.56. The summed E-state index contributed by atoms with van der Waals surface area (Å²) in [7, 11) is 1.73. The molecule has 0 aliphatic carbocycles. The van der Waals surface area contributed by atoms with E-state index in [4.69, 9.17) is 15.2 Å². The average Bonchev–Trinajstić information content (AvgIpc) is 2.35. The zero-order chi connectivity index (χ0) is 14.1. The fraction of sp³-hybridized carbons (Fsp3) is 0.833. The molecule has 0 aromatic heterocycles. The molecule has 1 aliphatic rings. The van der Waals surface area contributed by atoms with Crippen molar-refractivity contribution in [1.29, 1.82) is 0 Å². The average molecular weight is 273 g/mol. The van der Waals surface area contributed by atoms with Crippen molar-refractivity contribution in [2.45, 2.75) is 19.3 Å². The molecule has 1 saturated heterocycles. The number of rotatable bonds is 6. The molecule has 1 unspecified atom stereocenters. The number of nitrogens with two attached hydrogens (primary N) is 1. The first-order valence-electron chi connectivity index (χ1n) is 6.56. The standard InChI is InChI=1S/C12H23N3O4/c1-18-9-10-4-2-5-15(8-10)6-3-7-19-12(17)14-11(13)16/h10H,2-9H2,1H3,(H3,13,14,16,17). The summed E-state index contributed by atoms with van der Waals surface area (Å²) in [5, 5.41) is 1.85. The van der Waals surface area contributed by atoms with Crippen molar-refractivity contribution >= 4 is 12.1 Å². The fourth-order valence-corrected chi connectivity index (χ4v) is 2.32. The van der Waals surface area contributed by atoms with Gasteiger partial charge in [-0.05, 0) is 31.7 Å². The number of alkyl carbamates (subject to hydrolysis) is 1. The zero-order valence-corrected chi connectivity index (χ0v) is 11.4. The number of carbonyl (C=O) groups excluding carboxylic acids is 2. The quantitative estimate of drug-likeness (QED) is 0.689. The molecule has 0 bridgehead atoms. The Balaban J connectivity index is 2.08. The van der Waals surface area contributed by atoms with Crippen LogP contribution in [0, 0.1) is 5.92 Å². The third kappa shape index (κ3) is 6.97. The summed E-state index contributed by atoms with van der Waals surface area (Å²) < 4.78 is 9.99. The van der Waals surface area contributed by atoms with Gasteiger partial charge >= 0.3 is 12.1 Å². The van der Waals surface area contributed by atoms with Crippen LogP contribution in [0.25, 0.3) is 0 Å². The van der Waals surface area contributed by atoms with Crippen molar-refractivity contribution < 1.29 is 19.1 Å². The number of imide groups is 1. The van der Waals surface area contributed by atoms with E-state index >= 15 is 0 Å². The van der Waals surface area contributed by atoms with E-state index in [1.165, 1.54) is 12.8 Å². The summed E-state index contributed by atoms with van der Waals surface area (Å²) in [4.78, 5) is 23.7. The number of carbonyl (C=O) groups is 2. The second-order valence-corrected chi connectivity index (χ2v) is 4.74. The van der Waals surface area contributed by atoms with E-state index in [9.17, 15) is 9.59 Å². The van der Waals surface area contributed by atoms with E-state index in [-0.39, 0.29) is 6.61 Å². The van der Waals surface area contributed by atoms with Crippen LogP contribution in [0.2, 0.25) is 0 Å². The SMILES string of the molecule is COCC1CCCN(CCCOC(=O)NC(N)=O)C1. The third-order valence-electron chi connectivity index (χ3n) is 3.08. The van der Waals surface area contributed by atoms with Crippen molar-refractivity contribution in [3.63, 3.8) is 0 Å². The second-order valence-electron chi connectivity index (χ2n) is 4.74. The molecule has 7 heteroatoms. The van der Waals surface area contributed by atoms with E-state index in [1.54, 1.807) is 7.11 Å². The number of hydrogen-bond donors (Lipinski definition) is 2. The molecular weight excluding hydrogens is 250 g/mol. The molecule has 1 rings (SSSR count). The maximum absolute atomic E-state index is 11.0. The lowest BCUT2D eigenvalue weighted by molar-refractivity contribution is 0.0849. The van der Waals surface area contributed by atoms with Crippen LogP contribution < -0.4 is 11.1 Å². The minimum absolute atomic E-state index is 0.282. The van der Waals surface area contributed by atoms with E-state index in [0.717, 1.165) is 32.7 Å². The molecule has 3 amide bonds. The first-order chi connectivity index (χ1) is 9.11. The van der Waals surface area contributed by atoms with E-state index < -0.39 is 12.1 Å². The number of amides is 3. The number of nitrogens with one attached hydrogen (secondary N) is 1. The molecule has 0 aromatic carbocycles. The lowest BCUT2D eigenvalue weighted by Gasteiger charge is -2.32. The number of likely N-dealkylation sites (tertiary alicyclic amines) is 1. The van der Waals surface area contributed by atoms with Gasteiger partial charge in [0, 0.05) is 20.2 Å². The van der Waals surface area contributed by atoms with E-state index in [0.29, 0.717) is 5.92 Å². The predicted molar refractivity (Wildman–Crippen MR) is 69.7 cm³/mol. The Morgan fingerprint density at radius 3 is 2.95 bits per heavy atom. The molecule has 19 heavy (non-hydrogen) atoms. The molecule has 1 fully saturated rings. The number of urea groups is 1. The van der Waals surface area contributed by atoms with Crippen LogP contribution in [0.15, 0.2) is 0 Å². The van der Waals surface area contributed by atoms with Gasteiger partial charge < -0.3 is 20.1 Å². The largest absolute Gasteiger partial charge is 0.449 e. The Hall–Kier alpha value is -1.34. The fourth-order valence-electron chi connectivity index (χ4n) is 2.32. The molecule has 0 aromatic rings. The molecule has 110 valence electrons. The van der Waals surface area contributed by atoms with Crippen molar-refractivity contribution in [2.75, 3.05) is 40.0 Å². The Labute approximate surface area is 113 Å². The smallest absolute Gasteiger partial charge is 0.415 e. The number of methoxy groups -OCH3 is 1. The first kappa shape index (κ1) is 15.7. The van der Waals surface area contributed by atoms with Gasteiger partial charge in [-0.3, -0.25) is 0 Å². The van der Waals surface area contributed by atoms with Gasteiger partial charge in [0.15, 0.2) is 0 Å². The van der Waals surface area contributed by atoms with Crippen molar-refractivity contribution in [3.8, 4) is 0 Å². The highest BCUT2D eigenvalue weighted by molar-refractivity contribution is 5.89. The van der Waals surface area contributed by atoms with Gasteiger partial charge in [-0.25, -0.2) is 14.9 Å². The Morgan fingerprint density at radius 2 is 2.26 bits per heavy atom. The van der Waals surface area contributed by atoms with Gasteiger partial charge in [-0.1, -0.05) is 0 Å². The Kier molecular flexibility index (Phi) is 7.20. The summed E-state index contributed by atoms with van der Waals surface area (Å²) in [6.07, 6.45) is 2.34. The summed E-state index contributed by atoms with van der Waals surface area (Å²) in [6, 6.07) is -0.900. The van der Waals surface area contributed by atoms with E-state index in [2.05, 4.69) is 4.90 Å². The molecule has 0 spiro atoms. The van der Waals surface area contributed by atoms with Gasteiger partial charge in [0.2, 0.25) is 0 Å². The van der Waals surface area contributed by atoms with E-state index in [1.807, 2.05) is 5.32 Å². The highest BCUT2D eigenvalue weighted by Gasteiger charge is 2.19. The Bertz CT molecular complexity index is 297. The topological polar surface area (TPSA) is 93.9 Å². The molecule has 3 N–H and O–H groups in total. The van der Waals surface area contributed by atoms with Crippen LogP contribution >= 0.6 is 0 Å². The lowest BCUT2D eigenvalue weighted by atomic mass is 9.99. The number of hydrogen-bond acceptors (Lipinski definition) is 5. The Morgan fingerprint density at radius 1 is 1.47 bits per heavy atom. The summed E-state index contributed by atoms with van der Waals surface area (Å²) in [5.74, 6) is 0.595. The van der Waals surface area contributed by atoms with Gasteiger partial charge in [-0.2, -0.15) is 0 Å². The second kappa shape index (κ2) is 8.71. The molecule has 1 heterocycles. The van der Waals surface area contributed by atoms with Crippen molar-refractivity contribution in [3.05, 3.63) is 0 Å². The molecule has 0 saturated carbocycles. The highest BCUT2D eigenvalue weighted by Crippen LogP contribution is 2.16. The van der Waals surface area contributed by atoms with Crippen LogP contribution in [0.5, 0.6) is 0 Å². The third-order valence-corrected chi connectivity index (χ3v) is 3.08. The normalized spacial score (nSPS) is 19.9. The number of primary amides is 1. The zero-order valence-electron chi connectivity index (χ0n) is 11.4. The predicted octanol–water partition coefficient (Wildman–Crippen LogP) is 0.540. The van der Waals surface area contributed by atoms with Crippen LogP contribution in [0.1, 0.15) is 19.3 Å². The van der Waals surface area contributed by atoms with Gasteiger partial charge in [-0.15, -0.1) is 0 Å². The van der Waals surface area contributed by atoms with Gasteiger partial charge in [0.05, 0.1) is 13.2 Å². The number of piperidine rings is 1. The summed E-state index contributed by atoms with van der Waals surface area (Å²) in [6.45, 7) is 4.07. The molecular formula is C12H23N3O4. The van der Waals surface area contributed by atoms with Crippen molar-refractivity contribution in [2.24, 2.45) is 11.7 Å². The number of nitrogens with zero attached hydrogens (tertiary/aromatic N) is 1. The highest BCUT2D eigenvalue weighted by atomic mass is 16.5. The van der Waals surface area contributed by atoms with Crippen LogP contribution in [-0.4, -0.2) is 57.0 Å². The van der Waals surface area contributed by atoms with Crippen molar-refractivity contribution in [1.82, 2.24) is 10.2 Å². The lowest BCUT2D eigenvalue weighted by Crippen LogP contribution is -2.38. The van der Waals surface area contributed by atoms with Gasteiger partial charge in [0.25, 0.3) is 0 Å². The maximum atomic E-state index is 11.0. The number of ether oxygens (including phenoxy) is 2. The monoisotopic (exact) mass is 273 g/mol. The van der Waals surface area contributed by atoms with Crippen LogP contribution in [0.3, 0.4) is 0 Å². The molecule has 7 nitrogen and oxygen atoms in total. The van der Waals surface area contributed by atoms with Crippen LogP contribution in [0.4, 0.5) is 9.59 Å². The minimum Gasteiger partial charge on any atom is -0.449 e. The molecule has 0 radical (unpaired) electrons. The maximum Gasteiger partial charge on any atom is 0.415 e. The molecule has 1 atom stereocenters. The summed E-state index contributed by atoms with van der Waals surface area (Å²) in [5.41, 5.74) is 4.79. The summed E-state index contributed by atoms with van der Waals surface area (Å²) >= 11 is 0. The molecule has 1 aliphatic heterocycles.